The Kier molecular flexibility index (Phi) is 6.15. The molecule has 6 heteroatoms. The van der Waals surface area contributed by atoms with Crippen LogP contribution in [0.25, 0.3) is 0 Å². The molecule has 22 heavy (non-hydrogen) atoms. The van der Waals surface area contributed by atoms with Gasteiger partial charge in [-0.1, -0.05) is 13.8 Å². The van der Waals surface area contributed by atoms with E-state index in [2.05, 4.69) is 29.0 Å². The lowest BCUT2D eigenvalue weighted by molar-refractivity contribution is 0.00672. The normalized spacial score (nSPS) is 17.3. The number of carbonyl (C=O) groups excluding carboxylic acids is 1. The molecular weight excluding hydrogens is 282 g/mol. The van der Waals surface area contributed by atoms with Crippen LogP contribution in [-0.2, 0) is 4.74 Å². The first-order chi connectivity index (χ1) is 10.6. The summed E-state index contributed by atoms with van der Waals surface area (Å²) in [6, 6.07) is 3.76. The third kappa shape index (κ3) is 4.18. The Morgan fingerprint density at radius 2 is 2.18 bits per heavy atom. The fraction of sp³-hybridized carbons (Fsp3) is 0.625. The van der Waals surface area contributed by atoms with Crippen molar-refractivity contribution in [2.45, 2.75) is 19.9 Å². The average molecular weight is 307 g/mol. The Hall–Kier alpha value is -1.66. The molecule has 6 nitrogen and oxygen atoms in total. The van der Waals surface area contributed by atoms with E-state index in [4.69, 9.17) is 9.47 Å². The molecule has 1 aliphatic heterocycles. The Bertz CT molecular complexity index is 487. The van der Waals surface area contributed by atoms with Crippen LogP contribution in [0.5, 0.6) is 5.88 Å². The summed E-state index contributed by atoms with van der Waals surface area (Å²) in [6.45, 7) is 8.30. The molecule has 1 aliphatic rings. The average Bonchev–Trinajstić information content (AvgIpc) is 2.55. The van der Waals surface area contributed by atoms with Gasteiger partial charge in [0, 0.05) is 31.9 Å². The first-order valence-corrected chi connectivity index (χ1v) is 7.72. The van der Waals surface area contributed by atoms with Crippen molar-refractivity contribution in [3.8, 4) is 5.88 Å². The van der Waals surface area contributed by atoms with E-state index in [-0.39, 0.29) is 5.91 Å². The molecule has 0 unspecified atom stereocenters. The molecule has 1 saturated heterocycles. The van der Waals surface area contributed by atoms with Gasteiger partial charge >= 0.3 is 0 Å². The lowest BCUT2D eigenvalue weighted by Crippen LogP contribution is -2.51. The highest BCUT2D eigenvalue weighted by Crippen LogP contribution is 2.15. The van der Waals surface area contributed by atoms with Gasteiger partial charge in [-0.05, 0) is 18.1 Å². The third-order valence-corrected chi connectivity index (χ3v) is 3.97. The van der Waals surface area contributed by atoms with E-state index in [1.807, 2.05) is 0 Å². The molecule has 1 aromatic rings. The zero-order chi connectivity index (χ0) is 15.9. The van der Waals surface area contributed by atoms with E-state index >= 15 is 0 Å². The number of rotatable bonds is 6. The van der Waals surface area contributed by atoms with Crippen molar-refractivity contribution in [1.29, 1.82) is 0 Å². The summed E-state index contributed by atoms with van der Waals surface area (Å²) in [5.74, 6) is 0.658. The Morgan fingerprint density at radius 3 is 2.82 bits per heavy atom. The Balaban J connectivity index is 1.98. The highest BCUT2D eigenvalue weighted by Gasteiger charge is 2.24. The van der Waals surface area contributed by atoms with Gasteiger partial charge in [-0.25, -0.2) is 4.98 Å². The minimum absolute atomic E-state index is 0.149. The van der Waals surface area contributed by atoms with Crippen LogP contribution in [0.1, 0.15) is 24.2 Å². The smallest absolute Gasteiger partial charge is 0.256 e. The predicted molar refractivity (Wildman–Crippen MR) is 84.1 cm³/mol. The maximum absolute atomic E-state index is 12.4. The molecule has 1 amide bonds. The van der Waals surface area contributed by atoms with E-state index < -0.39 is 0 Å². The van der Waals surface area contributed by atoms with Gasteiger partial charge in [-0.15, -0.1) is 0 Å². The molecule has 2 heterocycles. The molecule has 122 valence electrons. The number of pyridine rings is 1. The van der Waals surface area contributed by atoms with Gasteiger partial charge in [0.15, 0.2) is 0 Å². The van der Waals surface area contributed by atoms with Gasteiger partial charge in [-0.2, -0.15) is 0 Å². The van der Waals surface area contributed by atoms with Gasteiger partial charge in [0.1, 0.15) is 5.56 Å². The number of nitrogens with one attached hydrogen (secondary N) is 1. The second-order valence-corrected chi connectivity index (χ2v) is 5.73. The first-order valence-electron chi connectivity index (χ1n) is 7.72. The maximum Gasteiger partial charge on any atom is 0.256 e. The van der Waals surface area contributed by atoms with E-state index in [9.17, 15) is 4.79 Å². The molecule has 1 atom stereocenters. The Labute approximate surface area is 131 Å². The van der Waals surface area contributed by atoms with Crippen LogP contribution in [0.4, 0.5) is 0 Å². The summed E-state index contributed by atoms with van der Waals surface area (Å²) < 4.78 is 10.5. The Morgan fingerprint density at radius 1 is 1.45 bits per heavy atom. The highest BCUT2D eigenvalue weighted by atomic mass is 16.5. The number of nitrogens with zero attached hydrogens (tertiary/aromatic N) is 2. The minimum Gasteiger partial charge on any atom is -0.480 e. The van der Waals surface area contributed by atoms with E-state index in [1.54, 1.807) is 18.3 Å². The van der Waals surface area contributed by atoms with Crippen LogP contribution in [0.3, 0.4) is 0 Å². The SMILES string of the molecule is COc1ncccc1C(=O)NC[C@@H](C(C)C)N1CCOCC1. The molecule has 0 aromatic carbocycles. The van der Waals surface area contributed by atoms with Crippen LogP contribution >= 0.6 is 0 Å². The lowest BCUT2D eigenvalue weighted by atomic mass is 10.0. The summed E-state index contributed by atoms with van der Waals surface area (Å²) in [7, 11) is 1.52. The van der Waals surface area contributed by atoms with Gasteiger partial charge in [0.05, 0.1) is 20.3 Å². The molecule has 1 N–H and O–H groups in total. The lowest BCUT2D eigenvalue weighted by Gasteiger charge is -2.36. The minimum atomic E-state index is -0.149. The molecule has 0 bridgehead atoms. The van der Waals surface area contributed by atoms with Crippen molar-refractivity contribution in [3.05, 3.63) is 23.9 Å². The van der Waals surface area contributed by atoms with Crippen molar-refractivity contribution in [2.75, 3.05) is 40.0 Å². The molecule has 0 saturated carbocycles. The number of hydrogen-bond donors (Lipinski definition) is 1. The standard InChI is InChI=1S/C16H25N3O3/c1-12(2)14(19-7-9-22-10-8-19)11-18-15(20)13-5-4-6-17-16(13)21-3/h4-6,12,14H,7-11H2,1-3H3,(H,18,20)/t14-/m0/s1. The largest absolute Gasteiger partial charge is 0.480 e. The summed E-state index contributed by atoms with van der Waals surface area (Å²) in [5, 5.41) is 3.01. The molecule has 2 rings (SSSR count). The van der Waals surface area contributed by atoms with Crippen molar-refractivity contribution in [3.63, 3.8) is 0 Å². The van der Waals surface area contributed by atoms with Crippen molar-refractivity contribution < 1.29 is 14.3 Å². The molecule has 1 fully saturated rings. The molecule has 1 aromatic heterocycles. The first kappa shape index (κ1) is 16.7. The van der Waals surface area contributed by atoms with Crippen molar-refractivity contribution >= 4 is 5.91 Å². The maximum atomic E-state index is 12.4. The summed E-state index contributed by atoms with van der Waals surface area (Å²) >= 11 is 0. The monoisotopic (exact) mass is 307 g/mol. The van der Waals surface area contributed by atoms with Crippen molar-refractivity contribution in [2.24, 2.45) is 5.92 Å². The van der Waals surface area contributed by atoms with Gasteiger partial charge in [-0.3, -0.25) is 9.69 Å². The number of aromatic nitrogens is 1. The summed E-state index contributed by atoms with van der Waals surface area (Å²) in [5.41, 5.74) is 0.467. The van der Waals surface area contributed by atoms with Crippen LogP contribution in [0.15, 0.2) is 18.3 Å². The molecule has 0 aliphatic carbocycles. The van der Waals surface area contributed by atoms with Gasteiger partial charge in [0.2, 0.25) is 5.88 Å². The van der Waals surface area contributed by atoms with Crippen LogP contribution in [0.2, 0.25) is 0 Å². The number of carbonyl (C=O) groups is 1. The van der Waals surface area contributed by atoms with Gasteiger partial charge < -0.3 is 14.8 Å². The fourth-order valence-corrected chi connectivity index (χ4v) is 2.71. The zero-order valence-corrected chi connectivity index (χ0v) is 13.5. The fourth-order valence-electron chi connectivity index (χ4n) is 2.71. The number of ether oxygens (including phenoxy) is 2. The molecule has 0 radical (unpaired) electrons. The van der Waals surface area contributed by atoms with Crippen LogP contribution in [0, 0.1) is 5.92 Å². The second kappa shape index (κ2) is 8.10. The highest BCUT2D eigenvalue weighted by molar-refractivity contribution is 5.96. The third-order valence-electron chi connectivity index (χ3n) is 3.97. The van der Waals surface area contributed by atoms with E-state index in [0.29, 0.717) is 29.9 Å². The zero-order valence-electron chi connectivity index (χ0n) is 13.5. The summed E-state index contributed by atoms with van der Waals surface area (Å²) in [4.78, 5) is 18.8. The predicted octanol–water partition coefficient (Wildman–Crippen LogP) is 1.18. The van der Waals surface area contributed by atoms with E-state index in [0.717, 1.165) is 26.3 Å². The number of methoxy groups -OCH3 is 1. The second-order valence-electron chi connectivity index (χ2n) is 5.73. The van der Waals surface area contributed by atoms with Crippen molar-refractivity contribution in [1.82, 2.24) is 15.2 Å². The van der Waals surface area contributed by atoms with Gasteiger partial charge in [0.25, 0.3) is 5.91 Å². The number of amides is 1. The van der Waals surface area contributed by atoms with Crippen LogP contribution in [-0.4, -0.2) is 61.8 Å². The number of hydrogen-bond acceptors (Lipinski definition) is 5. The van der Waals surface area contributed by atoms with E-state index in [1.165, 1.54) is 7.11 Å². The molecular formula is C16H25N3O3. The quantitative estimate of drug-likeness (QED) is 0.855. The van der Waals surface area contributed by atoms with Crippen LogP contribution < -0.4 is 10.1 Å². The number of morpholine rings is 1. The molecule has 0 spiro atoms. The topological polar surface area (TPSA) is 63.7 Å². The summed E-state index contributed by atoms with van der Waals surface area (Å²) in [6.07, 6.45) is 1.61.